The number of nitrogens with zero attached hydrogens (tertiary/aromatic N) is 2. The largest absolute Gasteiger partial charge is 0.379 e. The molecule has 1 fully saturated rings. The molecule has 0 amide bonds. The maximum Gasteiger partial charge on any atom is 0.104 e. The fourth-order valence-corrected chi connectivity index (χ4v) is 2.25. The summed E-state index contributed by atoms with van der Waals surface area (Å²) < 4.78 is 0. The van der Waals surface area contributed by atoms with Crippen LogP contribution in [-0.4, -0.2) is 42.4 Å². The molecule has 0 bridgehead atoms. The van der Waals surface area contributed by atoms with Gasteiger partial charge in [0.1, 0.15) is 6.23 Å². The number of aryl methyl sites for hydroxylation is 1. The first-order valence-electron chi connectivity index (χ1n) is 5.91. The Morgan fingerprint density at radius 1 is 1.12 bits per heavy atom. The summed E-state index contributed by atoms with van der Waals surface area (Å²) in [7, 11) is 0. The fourth-order valence-electron chi connectivity index (χ4n) is 2.25. The minimum Gasteiger partial charge on any atom is -0.379 e. The maximum atomic E-state index is 9.50. The van der Waals surface area contributed by atoms with Crippen molar-refractivity contribution in [3.63, 3.8) is 0 Å². The number of hydrogen-bond acceptors (Lipinski definition) is 3. The highest BCUT2D eigenvalue weighted by Gasteiger charge is 2.20. The number of anilines is 1. The average molecular weight is 220 g/mol. The van der Waals surface area contributed by atoms with E-state index in [0.717, 1.165) is 26.2 Å². The van der Waals surface area contributed by atoms with Crippen LogP contribution in [0.5, 0.6) is 0 Å². The molecule has 88 valence electrons. The zero-order chi connectivity index (χ0) is 11.5. The molecule has 1 unspecified atom stereocenters. The maximum absolute atomic E-state index is 9.50. The van der Waals surface area contributed by atoms with E-state index in [1.54, 1.807) is 0 Å². The fraction of sp³-hybridized carbons (Fsp3) is 0.538. The van der Waals surface area contributed by atoms with E-state index >= 15 is 0 Å². The van der Waals surface area contributed by atoms with E-state index in [4.69, 9.17) is 0 Å². The van der Waals surface area contributed by atoms with Crippen LogP contribution in [0.2, 0.25) is 0 Å². The third-order valence-electron chi connectivity index (χ3n) is 3.30. The van der Waals surface area contributed by atoms with E-state index in [9.17, 15) is 5.11 Å². The molecule has 0 aliphatic carbocycles. The molecule has 1 heterocycles. The number of aliphatic hydroxyl groups is 1. The summed E-state index contributed by atoms with van der Waals surface area (Å²) in [6, 6.07) is 8.48. The van der Waals surface area contributed by atoms with Gasteiger partial charge in [-0.2, -0.15) is 0 Å². The number of piperazine rings is 1. The molecule has 1 saturated heterocycles. The van der Waals surface area contributed by atoms with E-state index in [-0.39, 0.29) is 6.23 Å². The monoisotopic (exact) mass is 220 g/mol. The van der Waals surface area contributed by atoms with Crippen LogP contribution >= 0.6 is 0 Å². The third-order valence-corrected chi connectivity index (χ3v) is 3.30. The number of benzene rings is 1. The highest BCUT2D eigenvalue weighted by Crippen LogP contribution is 2.20. The lowest BCUT2D eigenvalue weighted by atomic mass is 10.1. The molecule has 3 nitrogen and oxygen atoms in total. The van der Waals surface area contributed by atoms with Crippen LogP contribution in [0.25, 0.3) is 0 Å². The van der Waals surface area contributed by atoms with Crippen molar-refractivity contribution in [2.45, 2.75) is 20.1 Å². The molecule has 1 aliphatic rings. The quantitative estimate of drug-likeness (QED) is 0.817. The topological polar surface area (TPSA) is 26.7 Å². The molecule has 0 aromatic heterocycles. The van der Waals surface area contributed by atoms with E-state index in [0.29, 0.717) is 0 Å². The molecular formula is C13H20N2O. The molecule has 16 heavy (non-hydrogen) atoms. The van der Waals surface area contributed by atoms with E-state index in [1.807, 2.05) is 6.92 Å². The van der Waals surface area contributed by atoms with Gasteiger partial charge in [0.15, 0.2) is 0 Å². The van der Waals surface area contributed by atoms with Crippen molar-refractivity contribution in [1.29, 1.82) is 0 Å². The number of aliphatic hydroxyl groups excluding tert-OH is 1. The summed E-state index contributed by atoms with van der Waals surface area (Å²) in [6.45, 7) is 7.85. The Bertz CT molecular complexity index is 344. The summed E-state index contributed by atoms with van der Waals surface area (Å²) in [6.07, 6.45) is -0.320. The van der Waals surface area contributed by atoms with Crippen LogP contribution in [0.15, 0.2) is 24.3 Å². The highest BCUT2D eigenvalue weighted by atomic mass is 16.3. The molecular weight excluding hydrogens is 200 g/mol. The van der Waals surface area contributed by atoms with Gasteiger partial charge in [-0.25, -0.2) is 0 Å². The predicted octanol–water partition coefficient (Wildman–Crippen LogP) is 1.46. The molecule has 0 radical (unpaired) electrons. The molecule has 0 saturated carbocycles. The summed E-state index contributed by atoms with van der Waals surface area (Å²) in [4.78, 5) is 4.50. The Kier molecular flexibility index (Phi) is 3.46. The average Bonchev–Trinajstić information content (AvgIpc) is 2.30. The second-order valence-corrected chi connectivity index (χ2v) is 4.44. The Morgan fingerprint density at radius 3 is 2.31 bits per heavy atom. The van der Waals surface area contributed by atoms with Gasteiger partial charge < -0.3 is 10.0 Å². The van der Waals surface area contributed by atoms with Gasteiger partial charge in [0.2, 0.25) is 0 Å². The van der Waals surface area contributed by atoms with Gasteiger partial charge in [-0.1, -0.05) is 18.2 Å². The zero-order valence-electron chi connectivity index (χ0n) is 10.1. The second kappa shape index (κ2) is 4.85. The van der Waals surface area contributed by atoms with Crippen molar-refractivity contribution in [3.05, 3.63) is 29.8 Å². The number of para-hydroxylation sites is 1. The van der Waals surface area contributed by atoms with Crippen LogP contribution in [0.1, 0.15) is 12.5 Å². The first kappa shape index (κ1) is 11.4. The predicted molar refractivity (Wildman–Crippen MR) is 66.6 cm³/mol. The van der Waals surface area contributed by atoms with Crippen LogP contribution in [-0.2, 0) is 0 Å². The van der Waals surface area contributed by atoms with E-state index in [1.165, 1.54) is 11.3 Å². The molecule has 1 aromatic carbocycles. The summed E-state index contributed by atoms with van der Waals surface area (Å²) in [5.74, 6) is 0. The van der Waals surface area contributed by atoms with Crippen molar-refractivity contribution in [2.75, 3.05) is 31.1 Å². The van der Waals surface area contributed by atoms with Crippen molar-refractivity contribution in [2.24, 2.45) is 0 Å². The van der Waals surface area contributed by atoms with Crippen molar-refractivity contribution in [3.8, 4) is 0 Å². The van der Waals surface area contributed by atoms with E-state index < -0.39 is 0 Å². The molecule has 1 aliphatic heterocycles. The lowest BCUT2D eigenvalue weighted by Crippen LogP contribution is -2.49. The van der Waals surface area contributed by atoms with Crippen LogP contribution in [0.3, 0.4) is 0 Å². The van der Waals surface area contributed by atoms with Gasteiger partial charge in [0, 0.05) is 31.9 Å². The van der Waals surface area contributed by atoms with Gasteiger partial charge in [0.05, 0.1) is 0 Å². The highest BCUT2D eigenvalue weighted by molar-refractivity contribution is 5.53. The number of hydrogen-bond donors (Lipinski definition) is 1. The van der Waals surface area contributed by atoms with Gasteiger partial charge in [-0.05, 0) is 25.5 Å². The molecule has 1 atom stereocenters. The Morgan fingerprint density at radius 2 is 1.75 bits per heavy atom. The first-order valence-corrected chi connectivity index (χ1v) is 5.91. The zero-order valence-corrected chi connectivity index (χ0v) is 10.1. The molecule has 1 aromatic rings. The summed E-state index contributed by atoms with van der Waals surface area (Å²) in [5.41, 5.74) is 2.65. The minimum absolute atomic E-state index is 0.320. The van der Waals surface area contributed by atoms with Gasteiger partial charge in [-0.3, -0.25) is 4.90 Å². The van der Waals surface area contributed by atoms with Crippen molar-refractivity contribution >= 4 is 5.69 Å². The van der Waals surface area contributed by atoms with E-state index in [2.05, 4.69) is 41.0 Å². The SMILES string of the molecule is Cc1ccccc1N1CCN(C(C)O)CC1. The van der Waals surface area contributed by atoms with Gasteiger partial charge in [0.25, 0.3) is 0 Å². The lowest BCUT2D eigenvalue weighted by Gasteiger charge is -2.38. The van der Waals surface area contributed by atoms with Gasteiger partial charge >= 0.3 is 0 Å². The van der Waals surface area contributed by atoms with Gasteiger partial charge in [-0.15, -0.1) is 0 Å². The summed E-state index contributed by atoms with van der Waals surface area (Å²) >= 11 is 0. The Hall–Kier alpha value is -1.06. The molecule has 2 rings (SSSR count). The summed E-state index contributed by atoms with van der Waals surface area (Å²) in [5, 5.41) is 9.50. The standard InChI is InChI=1S/C13H20N2O/c1-11-5-3-4-6-13(11)15-9-7-14(8-10-15)12(2)16/h3-6,12,16H,7-10H2,1-2H3. The lowest BCUT2D eigenvalue weighted by molar-refractivity contribution is 0.0153. The third kappa shape index (κ3) is 2.36. The van der Waals surface area contributed by atoms with Crippen LogP contribution in [0.4, 0.5) is 5.69 Å². The second-order valence-electron chi connectivity index (χ2n) is 4.44. The molecule has 1 N–H and O–H groups in total. The van der Waals surface area contributed by atoms with Crippen molar-refractivity contribution < 1.29 is 5.11 Å². The Labute approximate surface area is 97.3 Å². The van der Waals surface area contributed by atoms with Crippen LogP contribution < -0.4 is 4.90 Å². The smallest absolute Gasteiger partial charge is 0.104 e. The van der Waals surface area contributed by atoms with Crippen molar-refractivity contribution in [1.82, 2.24) is 4.90 Å². The molecule has 0 spiro atoms. The normalized spacial score (nSPS) is 19.8. The first-order chi connectivity index (χ1) is 7.68. The molecule has 3 heteroatoms. The Balaban J connectivity index is 2.02. The number of rotatable bonds is 2. The van der Waals surface area contributed by atoms with Crippen LogP contribution in [0, 0.1) is 6.92 Å². The minimum atomic E-state index is -0.320.